The van der Waals surface area contributed by atoms with Gasteiger partial charge in [0.15, 0.2) is 0 Å². The van der Waals surface area contributed by atoms with Gasteiger partial charge in [-0.2, -0.15) is 5.10 Å². The quantitative estimate of drug-likeness (QED) is 0.822. The molecule has 0 atom stereocenters. The van der Waals surface area contributed by atoms with Crippen LogP contribution in [-0.4, -0.2) is 24.7 Å². The first-order valence-corrected chi connectivity index (χ1v) is 8.18. The van der Waals surface area contributed by atoms with Crippen molar-refractivity contribution in [1.29, 1.82) is 0 Å². The highest BCUT2D eigenvalue weighted by Gasteiger charge is 2.14. The molecule has 0 aliphatic heterocycles. The molecule has 0 amide bonds. The van der Waals surface area contributed by atoms with Gasteiger partial charge >= 0.3 is 0 Å². The number of sulfonamides is 1. The van der Waals surface area contributed by atoms with Gasteiger partial charge in [-0.05, 0) is 36.2 Å². The van der Waals surface area contributed by atoms with Crippen molar-refractivity contribution >= 4 is 10.0 Å². The number of rotatable bonds is 6. The topological polar surface area (TPSA) is 90.0 Å². The Balaban J connectivity index is 2.06. The number of hydrogen-bond acceptors (Lipinski definition) is 4. The second-order valence-electron chi connectivity index (χ2n) is 4.89. The summed E-state index contributed by atoms with van der Waals surface area (Å²) in [5.74, 6) is 0. The van der Waals surface area contributed by atoms with E-state index in [4.69, 9.17) is 5.73 Å². The Hall–Kier alpha value is -1.70. The summed E-state index contributed by atoms with van der Waals surface area (Å²) in [5.41, 5.74) is 8.42. The van der Waals surface area contributed by atoms with E-state index >= 15 is 0 Å². The molecule has 2 aromatic rings. The van der Waals surface area contributed by atoms with Gasteiger partial charge < -0.3 is 5.73 Å². The summed E-state index contributed by atoms with van der Waals surface area (Å²) in [6, 6.07) is 6.87. The van der Waals surface area contributed by atoms with Gasteiger partial charge in [0.25, 0.3) is 0 Å². The maximum Gasteiger partial charge on any atom is 0.240 e. The molecule has 0 bridgehead atoms. The number of nitrogens with one attached hydrogen (secondary N) is 1. The van der Waals surface area contributed by atoms with Crippen molar-refractivity contribution < 1.29 is 8.42 Å². The lowest BCUT2D eigenvalue weighted by Crippen LogP contribution is -2.26. The van der Waals surface area contributed by atoms with Crippen molar-refractivity contribution in [3.8, 4) is 0 Å². The monoisotopic (exact) mass is 308 g/mol. The molecule has 6 nitrogen and oxygen atoms in total. The lowest BCUT2D eigenvalue weighted by molar-refractivity contribution is 0.579. The van der Waals surface area contributed by atoms with Crippen LogP contribution >= 0.6 is 0 Å². The van der Waals surface area contributed by atoms with E-state index in [1.54, 1.807) is 29.1 Å². The number of aromatic nitrogens is 2. The number of nitrogens with zero attached hydrogens (tertiary/aromatic N) is 2. The summed E-state index contributed by atoms with van der Waals surface area (Å²) >= 11 is 0. The summed E-state index contributed by atoms with van der Waals surface area (Å²) in [4.78, 5) is 0.249. The van der Waals surface area contributed by atoms with E-state index in [1.165, 1.54) is 0 Å². The zero-order valence-corrected chi connectivity index (χ0v) is 13.0. The van der Waals surface area contributed by atoms with Crippen LogP contribution in [0.1, 0.15) is 16.8 Å². The third-order valence-corrected chi connectivity index (χ3v) is 4.91. The summed E-state index contributed by atoms with van der Waals surface area (Å²) < 4.78 is 28.8. The van der Waals surface area contributed by atoms with E-state index in [9.17, 15) is 8.42 Å². The van der Waals surface area contributed by atoms with E-state index in [0.29, 0.717) is 19.5 Å². The van der Waals surface area contributed by atoms with Crippen LogP contribution in [0.5, 0.6) is 0 Å². The summed E-state index contributed by atoms with van der Waals surface area (Å²) in [5, 5.41) is 4.05. The minimum atomic E-state index is -3.51. The molecule has 7 heteroatoms. The van der Waals surface area contributed by atoms with Crippen LogP contribution in [0.2, 0.25) is 0 Å². The molecular formula is C14H20N4O2S. The van der Waals surface area contributed by atoms with Gasteiger partial charge in [-0.25, -0.2) is 13.1 Å². The number of benzene rings is 1. The molecular weight excluding hydrogens is 288 g/mol. The van der Waals surface area contributed by atoms with Gasteiger partial charge in [0.05, 0.1) is 4.90 Å². The third-order valence-electron chi connectivity index (χ3n) is 3.45. The van der Waals surface area contributed by atoms with Crippen molar-refractivity contribution in [2.75, 3.05) is 6.54 Å². The first-order valence-electron chi connectivity index (χ1n) is 6.70. The molecule has 0 saturated carbocycles. The van der Waals surface area contributed by atoms with E-state index in [0.717, 1.165) is 16.8 Å². The summed E-state index contributed by atoms with van der Waals surface area (Å²) in [6.07, 6.45) is 2.28. The number of hydrogen-bond donors (Lipinski definition) is 2. The highest BCUT2D eigenvalue weighted by molar-refractivity contribution is 7.89. The Morgan fingerprint density at radius 3 is 2.71 bits per heavy atom. The molecule has 0 fully saturated rings. The largest absolute Gasteiger partial charge is 0.326 e. The molecule has 114 valence electrons. The van der Waals surface area contributed by atoms with Crippen molar-refractivity contribution in [1.82, 2.24) is 14.5 Å². The molecule has 0 saturated heterocycles. The summed E-state index contributed by atoms with van der Waals surface area (Å²) in [6.45, 7) is 2.56. The van der Waals surface area contributed by atoms with Crippen LogP contribution < -0.4 is 10.5 Å². The molecule has 0 unspecified atom stereocenters. The second-order valence-corrected chi connectivity index (χ2v) is 6.65. The van der Waals surface area contributed by atoms with Crippen LogP contribution in [-0.2, 0) is 30.0 Å². The Labute approximate surface area is 125 Å². The highest BCUT2D eigenvalue weighted by atomic mass is 32.2. The van der Waals surface area contributed by atoms with Gasteiger partial charge in [-0.3, -0.25) is 4.68 Å². The average Bonchev–Trinajstić information content (AvgIpc) is 2.84. The Morgan fingerprint density at radius 1 is 1.33 bits per heavy atom. The molecule has 0 aliphatic rings. The van der Waals surface area contributed by atoms with Crippen LogP contribution in [0.25, 0.3) is 0 Å². The van der Waals surface area contributed by atoms with Gasteiger partial charge in [-0.15, -0.1) is 0 Å². The fourth-order valence-electron chi connectivity index (χ4n) is 2.08. The highest BCUT2D eigenvalue weighted by Crippen LogP contribution is 2.15. The normalized spacial score (nSPS) is 11.8. The molecule has 0 spiro atoms. The van der Waals surface area contributed by atoms with Crippen molar-refractivity contribution in [2.45, 2.75) is 24.8 Å². The van der Waals surface area contributed by atoms with E-state index in [-0.39, 0.29) is 4.90 Å². The van der Waals surface area contributed by atoms with Crippen molar-refractivity contribution in [3.63, 3.8) is 0 Å². The Morgan fingerprint density at radius 2 is 2.10 bits per heavy atom. The van der Waals surface area contributed by atoms with Crippen molar-refractivity contribution in [2.24, 2.45) is 12.8 Å². The van der Waals surface area contributed by atoms with Crippen LogP contribution in [0, 0.1) is 6.92 Å². The minimum Gasteiger partial charge on any atom is -0.326 e. The molecule has 21 heavy (non-hydrogen) atoms. The number of nitrogens with two attached hydrogens (primary N) is 1. The maximum absolute atomic E-state index is 12.3. The average molecular weight is 308 g/mol. The fourth-order valence-corrected chi connectivity index (χ4v) is 3.16. The number of aryl methyl sites for hydroxylation is 2. The van der Waals surface area contributed by atoms with Gasteiger partial charge in [-0.1, -0.05) is 6.07 Å². The van der Waals surface area contributed by atoms with Crippen molar-refractivity contribution in [3.05, 3.63) is 47.3 Å². The first-order chi connectivity index (χ1) is 9.94. The van der Waals surface area contributed by atoms with Crippen LogP contribution in [0.4, 0.5) is 0 Å². The SMILES string of the molecule is Cc1ccc(S(=O)(=O)NCCc2ccnn2C)cc1CN. The summed E-state index contributed by atoms with van der Waals surface area (Å²) in [7, 11) is -1.68. The molecule has 3 N–H and O–H groups in total. The fraction of sp³-hybridized carbons (Fsp3) is 0.357. The van der Waals surface area contributed by atoms with Crippen LogP contribution in [0.3, 0.4) is 0 Å². The Bertz CT molecular complexity index is 722. The van der Waals surface area contributed by atoms with Crippen LogP contribution in [0.15, 0.2) is 35.4 Å². The lowest BCUT2D eigenvalue weighted by atomic mass is 10.1. The Kier molecular flexibility index (Phi) is 4.76. The van der Waals surface area contributed by atoms with Gasteiger partial charge in [0.2, 0.25) is 10.0 Å². The molecule has 0 radical (unpaired) electrons. The predicted molar refractivity (Wildman–Crippen MR) is 81.2 cm³/mol. The standard InChI is InChI=1S/C14H20N4O2S/c1-11-3-4-14(9-12(11)10-15)21(19,20)17-8-6-13-5-7-16-18(13)2/h3-5,7,9,17H,6,8,10,15H2,1-2H3. The first kappa shape index (κ1) is 15.7. The second kappa shape index (κ2) is 6.38. The molecule has 1 aromatic heterocycles. The van der Waals surface area contributed by atoms with Gasteiger partial charge in [0.1, 0.15) is 0 Å². The molecule has 1 heterocycles. The van der Waals surface area contributed by atoms with E-state index in [2.05, 4.69) is 9.82 Å². The lowest BCUT2D eigenvalue weighted by Gasteiger charge is -2.09. The predicted octanol–water partition coefficient (Wildman–Crippen LogP) is 0.708. The van der Waals surface area contributed by atoms with E-state index in [1.807, 2.05) is 20.0 Å². The zero-order valence-electron chi connectivity index (χ0n) is 12.2. The zero-order chi connectivity index (χ0) is 15.5. The molecule has 1 aromatic carbocycles. The molecule has 2 rings (SSSR count). The van der Waals surface area contributed by atoms with E-state index < -0.39 is 10.0 Å². The smallest absolute Gasteiger partial charge is 0.240 e. The maximum atomic E-state index is 12.3. The minimum absolute atomic E-state index is 0.249. The van der Waals surface area contributed by atoms with Gasteiger partial charge in [0, 0.05) is 38.4 Å². The third kappa shape index (κ3) is 3.69. The molecule has 0 aliphatic carbocycles.